The van der Waals surface area contributed by atoms with Crippen molar-refractivity contribution in [3.8, 4) is 22.6 Å². The molecule has 2 fully saturated rings. The summed E-state index contributed by atoms with van der Waals surface area (Å²) in [5, 5.41) is 13.2. The molecule has 0 bridgehead atoms. The lowest BCUT2D eigenvalue weighted by atomic mass is 9.90. The number of rotatable bonds is 11. The molecule has 0 spiro atoms. The Bertz CT molecular complexity index is 3170. The van der Waals surface area contributed by atoms with E-state index in [4.69, 9.17) is 14.4 Å². The van der Waals surface area contributed by atoms with Crippen LogP contribution >= 0.6 is 7.14 Å². The minimum atomic E-state index is -2.65. The summed E-state index contributed by atoms with van der Waals surface area (Å²) < 4.78 is 46.6. The Hall–Kier alpha value is -6.25. The number of anilines is 1. The Labute approximate surface area is 374 Å². The Morgan fingerprint density at radius 1 is 0.985 bits per heavy atom. The van der Waals surface area contributed by atoms with Gasteiger partial charge in [0.2, 0.25) is 0 Å². The Morgan fingerprint density at radius 3 is 2.37 bits per heavy atom. The third kappa shape index (κ3) is 6.86. The molecular formula is C48H53FN9O6P. The number of nitrogens with one attached hydrogen (secondary N) is 2. The highest BCUT2D eigenvalue weighted by Gasteiger charge is 2.53. The van der Waals surface area contributed by atoms with Crippen LogP contribution in [0.1, 0.15) is 103 Å². The molecule has 17 heteroatoms. The molecule has 7 heterocycles. The van der Waals surface area contributed by atoms with Gasteiger partial charge in [-0.1, -0.05) is 25.1 Å². The van der Waals surface area contributed by atoms with Crippen molar-refractivity contribution in [2.45, 2.75) is 84.2 Å². The second-order valence-corrected chi connectivity index (χ2v) is 21.3. The number of H-pyrrole nitrogens is 1. The van der Waals surface area contributed by atoms with Crippen molar-refractivity contribution in [3.63, 3.8) is 0 Å². The summed E-state index contributed by atoms with van der Waals surface area (Å²) in [6.07, 6.45) is 11.6. The van der Waals surface area contributed by atoms with E-state index >= 15 is 9.18 Å². The van der Waals surface area contributed by atoms with Gasteiger partial charge in [-0.25, -0.2) is 14.0 Å². The van der Waals surface area contributed by atoms with E-state index in [0.29, 0.717) is 114 Å². The zero-order chi connectivity index (χ0) is 45.5. The van der Waals surface area contributed by atoms with Crippen LogP contribution in [0.3, 0.4) is 0 Å². The first-order chi connectivity index (χ1) is 31.3. The summed E-state index contributed by atoms with van der Waals surface area (Å²) in [7, 11) is -0.867. The summed E-state index contributed by atoms with van der Waals surface area (Å²) >= 11 is 0. The van der Waals surface area contributed by atoms with E-state index < -0.39 is 24.4 Å². The van der Waals surface area contributed by atoms with Crippen molar-refractivity contribution >= 4 is 29.6 Å². The molecule has 0 unspecified atom stereocenters. The molecule has 10 rings (SSSR count). The molecular weight excluding hydrogens is 849 g/mol. The molecule has 338 valence electrons. The highest BCUT2D eigenvalue weighted by molar-refractivity contribution is 7.71. The number of ether oxygens (including phenoxy) is 1. The normalized spacial score (nSPS) is 17.5. The van der Waals surface area contributed by atoms with Crippen LogP contribution in [-0.4, -0.2) is 83.4 Å². The van der Waals surface area contributed by atoms with E-state index in [0.717, 1.165) is 34.8 Å². The van der Waals surface area contributed by atoms with E-state index in [1.165, 1.54) is 4.57 Å². The molecule has 7 aromatic rings. The number of carbonyl (C=O) groups is 1. The first-order valence-electron chi connectivity index (χ1n) is 22.5. The number of hydrogen-bond donors (Lipinski definition) is 2. The number of aryl methyl sites for hydroxylation is 2. The van der Waals surface area contributed by atoms with Gasteiger partial charge in [0.25, 0.3) is 5.91 Å². The molecule has 0 radical (unpaired) electrons. The van der Waals surface area contributed by atoms with Crippen molar-refractivity contribution in [2.24, 2.45) is 0 Å². The number of benzene rings is 2. The fraction of sp³-hybridized carbons (Fsp3) is 0.396. The van der Waals surface area contributed by atoms with E-state index in [9.17, 15) is 14.2 Å². The van der Waals surface area contributed by atoms with Gasteiger partial charge >= 0.3 is 11.4 Å². The van der Waals surface area contributed by atoms with Crippen molar-refractivity contribution in [1.29, 1.82) is 0 Å². The number of pyridine rings is 1. The monoisotopic (exact) mass is 901 g/mol. The lowest BCUT2D eigenvalue weighted by Crippen LogP contribution is -2.42. The number of nitrogens with zero attached hydrogens (tertiary/aromatic N) is 7. The molecule has 1 atom stereocenters. The summed E-state index contributed by atoms with van der Waals surface area (Å²) in [6, 6.07) is 12.6. The average molecular weight is 902 g/mol. The van der Waals surface area contributed by atoms with Gasteiger partial charge in [-0.05, 0) is 105 Å². The quantitative estimate of drug-likeness (QED) is 0.126. The fourth-order valence-corrected chi connectivity index (χ4v) is 12.5. The second kappa shape index (κ2) is 16.0. The van der Waals surface area contributed by atoms with Gasteiger partial charge in [-0.15, -0.1) is 0 Å². The minimum absolute atomic E-state index is 0.213. The Balaban J connectivity index is 1.10. The van der Waals surface area contributed by atoms with Crippen molar-refractivity contribution in [1.82, 2.24) is 38.4 Å². The zero-order valence-electron chi connectivity index (χ0n) is 37.5. The summed E-state index contributed by atoms with van der Waals surface area (Å²) in [5.74, 6) is -0.460. The number of aromatic nitrogens is 7. The molecule has 1 saturated heterocycles. The van der Waals surface area contributed by atoms with Crippen LogP contribution in [0.15, 0.2) is 81.4 Å². The second-order valence-electron chi connectivity index (χ2n) is 17.8. The van der Waals surface area contributed by atoms with Crippen LogP contribution in [0.2, 0.25) is 0 Å². The minimum Gasteiger partial charge on any atom is -0.387 e. The van der Waals surface area contributed by atoms with Crippen molar-refractivity contribution < 1.29 is 23.0 Å². The highest BCUT2D eigenvalue weighted by atomic mass is 31.2. The SMILES string of the molecule is CCP(=O)(CC)c1ccc(-n2ccn(-c3c(-c4cc(C)c(F)c(C)c4)nn4c3[C@H](C)N(C(=O)c3cn5cc(C6CCOCC6)ccc5c3C3(c5noc(=O)[nH]5)CC3)CC4)c2=O)cc1NC. The predicted octanol–water partition coefficient (Wildman–Crippen LogP) is 7.44. The Morgan fingerprint density at radius 2 is 1.71 bits per heavy atom. The smallest absolute Gasteiger partial charge is 0.387 e. The standard InChI is InChI=1S/C48H53FN9O6P/c1-7-65(62,8-2)38-12-10-34(25-36(38)50-6)56-17-18-57(47(56)61)43-41(33-23-28(3)40(49)29(4)24-33)52-58-20-19-55(30(5)42(43)58)44(59)35-27-54-26-32(31-13-21-63-22-14-31)9-11-37(54)39(35)48(15-16-48)45-51-46(60)64-53-45/h9-12,17-18,23-27,30-31,50H,7-8,13-16,19-22H2,1-6H3,(H,51,53,60)/t30-/m0/s1. The number of halogens is 1. The van der Waals surface area contributed by atoms with Gasteiger partial charge in [0.15, 0.2) is 5.82 Å². The molecule has 3 aliphatic rings. The van der Waals surface area contributed by atoms with Crippen LogP contribution in [0, 0.1) is 19.7 Å². The van der Waals surface area contributed by atoms with E-state index in [-0.39, 0.29) is 17.4 Å². The van der Waals surface area contributed by atoms with Crippen molar-refractivity contribution in [3.05, 3.63) is 133 Å². The molecule has 2 N–H and O–H groups in total. The van der Waals surface area contributed by atoms with Gasteiger partial charge < -0.3 is 23.9 Å². The number of amides is 1. The molecule has 15 nitrogen and oxygen atoms in total. The lowest BCUT2D eigenvalue weighted by molar-refractivity contribution is 0.0635. The van der Waals surface area contributed by atoms with Gasteiger partial charge in [-0.3, -0.25) is 28.1 Å². The molecule has 5 aromatic heterocycles. The van der Waals surface area contributed by atoms with Crippen molar-refractivity contribution in [2.75, 3.05) is 44.4 Å². The average Bonchev–Trinajstić information content (AvgIpc) is 3.60. The van der Waals surface area contributed by atoms with Crippen LogP contribution in [-0.2, 0) is 21.3 Å². The van der Waals surface area contributed by atoms with Gasteiger partial charge in [0, 0.05) is 86.0 Å². The molecule has 2 aromatic carbocycles. The van der Waals surface area contributed by atoms with E-state index in [2.05, 4.69) is 33.8 Å². The summed E-state index contributed by atoms with van der Waals surface area (Å²) in [4.78, 5) is 47.2. The van der Waals surface area contributed by atoms with Crippen LogP contribution in [0.4, 0.5) is 10.1 Å². The molecule has 1 aliphatic carbocycles. The number of hydrogen-bond acceptors (Lipinski definition) is 9. The summed E-state index contributed by atoms with van der Waals surface area (Å²) in [6.45, 7) is 11.3. The zero-order valence-corrected chi connectivity index (χ0v) is 38.4. The first-order valence-corrected chi connectivity index (χ1v) is 24.6. The van der Waals surface area contributed by atoms with Gasteiger partial charge in [0.1, 0.15) is 24.3 Å². The molecule has 2 aliphatic heterocycles. The highest BCUT2D eigenvalue weighted by Crippen LogP contribution is 2.55. The molecule has 1 amide bonds. The maximum atomic E-state index is 15.4. The maximum Gasteiger partial charge on any atom is 0.438 e. The van der Waals surface area contributed by atoms with E-state index in [1.807, 2.05) is 59.1 Å². The molecule has 65 heavy (non-hydrogen) atoms. The lowest BCUT2D eigenvalue weighted by Gasteiger charge is -2.35. The Kier molecular flexibility index (Phi) is 10.5. The van der Waals surface area contributed by atoms with Crippen LogP contribution in [0.5, 0.6) is 0 Å². The number of carbonyl (C=O) groups excluding carboxylic acids is 1. The first kappa shape index (κ1) is 42.7. The predicted molar refractivity (Wildman–Crippen MR) is 247 cm³/mol. The largest absolute Gasteiger partial charge is 0.438 e. The topological polar surface area (TPSA) is 167 Å². The van der Waals surface area contributed by atoms with E-state index in [1.54, 1.807) is 50.0 Å². The fourth-order valence-electron chi connectivity index (χ4n) is 10.4. The molecule has 1 saturated carbocycles. The third-order valence-corrected chi connectivity index (χ3v) is 17.5. The van der Waals surface area contributed by atoms with Crippen LogP contribution in [0.25, 0.3) is 28.1 Å². The maximum absolute atomic E-state index is 15.4. The summed E-state index contributed by atoms with van der Waals surface area (Å²) in [5.41, 5.74) is 6.58. The van der Waals surface area contributed by atoms with Gasteiger partial charge in [0.05, 0.1) is 40.5 Å². The van der Waals surface area contributed by atoms with Crippen LogP contribution < -0.4 is 22.1 Å². The number of fused-ring (bicyclic) bond motifs is 2. The number of imidazole rings is 1. The third-order valence-electron chi connectivity index (χ3n) is 14.2. The number of aromatic amines is 1. The van der Waals surface area contributed by atoms with Gasteiger partial charge in [-0.2, -0.15) is 5.10 Å².